The van der Waals surface area contributed by atoms with Crippen molar-refractivity contribution in [3.63, 3.8) is 0 Å². The predicted molar refractivity (Wildman–Crippen MR) is 79.9 cm³/mol. The Morgan fingerprint density at radius 1 is 1.33 bits per heavy atom. The number of hydrogen-bond acceptors (Lipinski definition) is 5. The van der Waals surface area contributed by atoms with Gasteiger partial charge < -0.3 is 20.5 Å². The van der Waals surface area contributed by atoms with Crippen molar-refractivity contribution in [2.75, 3.05) is 12.3 Å². The van der Waals surface area contributed by atoms with Gasteiger partial charge in [-0.15, -0.1) is 0 Å². The minimum atomic E-state index is -0.503. The van der Waals surface area contributed by atoms with Gasteiger partial charge in [-0.3, -0.25) is 0 Å². The van der Waals surface area contributed by atoms with E-state index in [9.17, 15) is 9.59 Å². The van der Waals surface area contributed by atoms with Gasteiger partial charge in [0.1, 0.15) is 0 Å². The van der Waals surface area contributed by atoms with Gasteiger partial charge in [0.2, 0.25) is 0 Å². The van der Waals surface area contributed by atoms with Crippen molar-refractivity contribution in [2.24, 2.45) is 0 Å². The first kappa shape index (κ1) is 16.8. The largest absolute Gasteiger partial charge is 0.462 e. The van der Waals surface area contributed by atoms with E-state index in [0.717, 1.165) is 12.0 Å². The zero-order chi connectivity index (χ0) is 15.8. The number of anilines is 1. The Kier molecular flexibility index (Phi) is 6.52. The summed E-state index contributed by atoms with van der Waals surface area (Å²) < 4.78 is 10.0. The molecule has 6 nitrogen and oxygen atoms in total. The van der Waals surface area contributed by atoms with Gasteiger partial charge in [-0.25, -0.2) is 9.59 Å². The minimum absolute atomic E-state index is 0.184. The number of rotatable bonds is 6. The van der Waals surface area contributed by atoms with Crippen LogP contribution >= 0.6 is 0 Å². The molecule has 0 aliphatic carbocycles. The van der Waals surface area contributed by atoms with E-state index >= 15 is 0 Å². The number of amides is 1. The number of benzene rings is 1. The molecule has 6 heteroatoms. The van der Waals surface area contributed by atoms with Gasteiger partial charge in [-0.05, 0) is 38.0 Å². The fourth-order valence-corrected chi connectivity index (χ4v) is 1.59. The van der Waals surface area contributed by atoms with E-state index in [-0.39, 0.29) is 12.6 Å². The molecule has 0 aliphatic rings. The normalized spacial score (nSPS) is 10.3. The number of alkyl carbamates (subject to hydrolysis) is 1. The topological polar surface area (TPSA) is 90.6 Å². The average Bonchev–Trinajstić information content (AvgIpc) is 2.43. The van der Waals surface area contributed by atoms with Crippen LogP contribution in [0.1, 0.15) is 43.1 Å². The number of nitrogen functional groups attached to an aromatic ring is 1. The summed E-state index contributed by atoms with van der Waals surface area (Å²) in [5.41, 5.74) is 7.17. The summed E-state index contributed by atoms with van der Waals surface area (Å²) in [6.45, 7) is 6.05. The number of esters is 1. The van der Waals surface area contributed by atoms with Gasteiger partial charge in [0.15, 0.2) is 0 Å². The van der Waals surface area contributed by atoms with Gasteiger partial charge in [-0.1, -0.05) is 13.0 Å². The Morgan fingerprint density at radius 3 is 2.67 bits per heavy atom. The van der Waals surface area contributed by atoms with Crippen LogP contribution < -0.4 is 11.1 Å². The van der Waals surface area contributed by atoms with Crippen molar-refractivity contribution in [3.8, 4) is 0 Å². The first-order valence-electron chi connectivity index (χ1n) is 6.94. The lowest BCUT2D eigenvalue weighted by atomic mass is 10.1. The molecule has 1 aromatic carbocycles. The molecule has 1 aromatic rings. The molecule has 0 heterocycles. The van der Waals surface area contributed by atoms with Gasteiger partial charge >= 0.3 is 12.1 Å². The molecule has 0 atom stereocenters. The molecule has 0 radical (unpaired) electrons. The summed E-state index contributed by atoms with van der Waals surface area (Å²) in [6.07, 6.45) is 0.0569. The highest BCUT2D eigenvalue weighted by atomic mass is 16.6. The van der Waals surface area contributed by atoms with Crippen molar-refractivity contribution >= 4 is 17.7 Å². The molecule has 1 amide bonds. The van der Waals surface area contributed by atoms with Gasteiger partial charge in [0.25, 0.3) is 0 Å². The van der Waals surface area contributed by atoms with Crippen LogP contribution in [0.5, 0.6) is 0 Å². The molecule has 116 valence electrons. The maximum absolute atomic E-state index is 11.8. The summed E-state index contributed by atoms with van der Waals surface area (Å²) in [5, 5.41) is 2.60. The molecular weight excluding hydrogens is 272 g/mol. The van der Waals surface area contributed by atoms with E-state index in [1.54, 1.807) is 32.0 Å². The molecular formula is C15H22N2O4. The maximum atomic E-state index is 11.8. The van der Waals surface area contributed by atoms with E-state index in [1.807, 2.05) is 6.92 Å². The van der Waals surface area contributed by atoms with Crippen LogP contribution in [0.2, 0.25) is 0 Å². The molecule has 0 fully saturated rings. The molecule has 0 unspecified atom stereocenters. The lowest BCUT2D eigenvalue weighted by Crippen LogP contribution is -2.26. The molecule has 0 spiro atoms. The second-order valence-electron chi connectivity index (χ2n) is 4.87. The number of nitrogens with two attached hydrogens (primary N) is 1. The van der Waals surface area contributed by atoms with E-state index in [0.29, 0.717) is 17.9 Å². The fraction of sp³-hybridized carbons (Fsp3) is 0.467. The van der Waals surface area contributed by atoms with Crippen LogP contribution in [0.4, 0.5) is 10.5 Å². The summed E-state index contributed by atoms with van der Waals surface area (Å²) in [4.78, 5) is 23.3. The first-order valence-corrected chi connectivity index (χ1v) is 6.94. The average molecular weight is 294 g/mol. The fourth-order valence-electron chi connectivity index (χ4n) is 1.59. The third-order valence-electron chi connectivity index (χ3n) is 2.55. The standard InChI is InChI=1S/C15H22N2O4/c1-4-7-20-14(18)12-8-11(5-6-13(12)16)9-17-15(19)21-10(2)3/h5-6,8,10H,4,7,9,16H2,1-3H3,(H,17,19). The molecule has 0 aliphatic heterocycles. The Morgan fingerprint density at radius 2 is 2.05 bits per heavy atom. The number of carbonyl (C=O) groups is 2. The van der Waals surface area contributed by atoms with E-state index in [2.05, 4.69) is 5.32 Å². The summed E-state index contributed by atoms with van der Waals surface area (Å²) in [5.74, 6) is -0.457. The highest BCUT2D eigenvalue weighted by Gasteiger charge is 2.12. The molecule has 0 bridgehead atoms. The van der Waals surface area contributed by atoms with Crippen LogP contribution in [0, 0.1) is 0 Å². The maximum Gasteiger partial charge on any atom is 0.407 e. The molecule has 3 N–H and O–H groups in total. The molecule has 0 saturated carbocycles. The Labute approximate surface area is 124 Å². The van der Waals surface area contributed by atoms with Crippen molar-refractivity contribution in [3.05, 3.63) is 29.3 Å². The van der Waals surface area contributed by atoms with Crippen LogP contribution in [-0.4, -0.2) is 24.8 Å². The van der Waals surface area contributed by atoms with Crippen molar-refractivity contribution < 1.29 is 19.1 Å². The van der Waals surface area contributed by atoms with Crippen molar-refractivity contribution in [2.45, 2.75) is 39.8 Å². The van der Waals surface area contributed by atoms with Gasteiger partial charge in [-0.2, -0.15) is 0 Å². The van der Waals surface area contributed by atoms with Gasteiger partial charge in [0.05, 0.1) is 18.3 Å². The number of carbonyl (C=O) groups excluding carboxylic acids is 2. The minimum Gasteiger partial charge on any atom is -0.462 e. The number of hydrogen-bond donors (Lipinski definition) is 2. The zero-order valence-electron chi connectivity index (χ0n) is 12.6. The lowest BCUT2D eigenvalue weighted by Gasteiger charge is -2.11. The Hall–Kier alpha value is -2.24. The van der Waals surface area contributed by atoms with E-state index in [4.69, 9.17) is 15.2 Å². The first-order chi connectivity index (χ1) is 9.93. The highest BCUT2D eigenvalue weighted by Crippen LogP contribution is 2.15. The second kappa shape index (κ2) is 8.14. The second-order valence-corrected chi connectivity index (χ2v) is 4.87. The Balaban J connectivity index is 2.68. The summed E-state index contributed by atoms with van der Waals surface area (Å²) in [6, 6.07) is 4.97. The lowest BCUT2D eigenvalue weighted by molar-refractivity contribution is 0.0506. The van der Waals surface area contributed by atoms with Gasteiger partial charge in [0, 0.05) is 12.2 Å². The molecule has 0 aromatic heterocycles. The van der Waals surface area contributed by atoms with E-state index in [1.165, 1.54) is 0 Å². The zero-order valence-corrected chi connectivity index (χ0v) is 12.6. The quantitative estimate of drug-likeness (QED) is 0.621. The highest BCUT2D eigenvalue weighted by molar-refractivity contribution is 5.95. The van der Waals surface area contributed by atoms with Crippen LogP contribution in [0.25, 0.3) is 0 Å². The number of ether oxygens (including phenoxy) is 2. The van der Waals surface area contributed by atoms with Crippen molar-refractivity contribution in [1.29, 1.82) is 0 Å². The number of nitrogens with one attached hydrogen (secondary N) is 1. The summed E-state index contributed by atoms with van der Waals surface area (Å²) in [7, 11) is 0. The van der Waals surface area contributed by atoms with Crippen LogP contribution in [-0.2, 0) is 16.0 Å². The Bertz CT molecular complexity index is 500. The van der Waals surface area contributed by atoms with Crippen LogP contribution in [0.15, 0.2) is 18.2 Å². The third-order valence-corrected chi connectivity index (χ3v) is 2.55. The molecule has 0 saturated heterocycles. The summed E-state index contributed by atoms with van der Waals surface area (Å²) >= 11 is 0. The smallest absolute Gasteiger partial charge is 0.407 e. The van der Waals surface area contributed by atoms with E-state index < -0.39 is 12.1 Å². The van der Waals surface area contributed by atoms with Crippen LogP contribution in [0.3, 0.4) is 0 Å². The predicted octanol–water partition coefficient (Wildman–Crippen LogP) is 2.47. The SMILES string of the molecule is CCCOC(=O)c1cc(CNC(=O)OC(C)C)ccc1N. The van der Waals surface area contributed by atoms with Crippen molar-refractivity contribution in [1.82, 2.24) is 5.32 Å². The third kappa shape index (κ3) is 5.72. The molecule has 1 rings (SSSR count). The molecule has 21 heavy (non-hydrogen) atoms. The monoisotopic (exact) mass is 294 g/mol.